The summed E-state index contributed by atoms with van der Waals surface area (Å²) in [6, 6.07) is 4.33. The predicted molar refractivity (Wildman–Crippen MR) is 92.7 cm³/mol. The Bertz CT molecular complexity index is 541. The molecule has 1 N–H and O–H groups in total. The van der Waals surface area contributed by atoms with Crippen molar-refractivity contribution in [3.8, 4) is 0 Å². The number of nitrogens with one attached hydrogen (secondary N) is 1. The molecule has 0 aliphatic carbocycles. The number of hydrogen-bond donors (Lipinski definition) is 1. The number of carbonyl (C=O) groups is 1. The fourth-order valence-electron chi connectivity index (χ4n) is 3.67. The normalized spacial score (nSPS) is 23.8. The molecule has 2 fully saturated rings. The van der Waals surface area contributed by atoms with Crippen LogP contribution < -0.4 is 5.32 Å². The maximum Gasteiger partial charge on any atom is 0.317 e. The number of urea groups is 1. The molecule has 2 aliphatic rings. The molecule has 6 heteroatoms. The highest BCUT2D eigenvalue weighted by Crippen LogP contribution is 2.35. The molecule has 24 heavy (non-hydrogen) atoms. The summed E-state index contributed by atoms with van der Waals surface area (Å²) in [6.45, 7) is 3.75. The van der Waals surface area contributed by atoms with E-state index >= 15 is 0 Å². The van der Waals surface area contributed by atoms with Gasteiger partial charge in [0.2, 0.25) is 0 Å². The minimum atomic E-state index is -0.0616. The van der Waals surface area contributed by atoms with Crippen LogP contribution in [-0.4, -0.2) is 66.2 Å². The monoisotopic (exact) mass is 332 g/mol. The molecule has 2 saturated heterocycles. The van der Waals surface area contributed by atoms with Crippen LogP contribution in [0.15, 0.2) is 24.5 Å². The van der Waals surface area contributed by atoms with E-state index in [-0.39, 0.29) is 17.7 Å². The molecule has 1 atom stereocenters. The van der Waals surface area contributed by atoms with E-state index < -0.39 is 0 Å². The summed E-state index contributed by atoms with van der Waals surface area (Å²) in [7, 11) is 3.56. The van der Waals surface area contributed by atoms with Gasteiger partial charge in [0.25, 0.3) is 0 Å². The lowest BCUT2D eigenvalue weighted by atomic mass is 9.82. The number of rotatable bonds is 3. The van der Waals surface area contributed by atoms with Gasteiger partial charge >= 0.3 is 6.03 Å². The van der Waals surface area contributed by atoms with E-state index in [1.807, 2.05) is 18.5 Å². The maximum absolute atomic E-state index is 11.9. The molecule has 1 spiro atoms. The van der Waals surface area contributed by atoms with Crippen molar-refractivity contribution in [3.05, 3.63) is 30.1 Å². The van der Waals surface area contributed by atoms with Crippen LogP contribution in [0.2, 0.25) is 0 Å². The highest BCUT2D eigenvalue weighted by molar-refractivity contribution is 5.73. The molecule has 2 aliphatic heterocycles. The van der Waals surface area contributed by atoms with Gasteiger partial charge in [0, 0.05) is 58.8 Å². The van der Waals surface area contributed by atoms with Gasteiger partial charge in [0.05, 0.1) is 5.60 Å². The Morgan fingerprint density at radius 1 is 1.46 bits per heavy atom. The van der Waals surface area contributed by atoms with Gasteiger partial charge < -0.3 is 15.0 Å². The summed E-state index contributed by atoms with van der Waals surface area (Å²) >= 11 is 0. The molecule has 3 heterocycles. The van der Waals surface area contributed by atoms with Crippen LogP contribution in [0.1, 0.15) is 31.2 Å². The van der Waals surface area contributed by atoms with Gasteiger partial charge in [-0.2, -0.15) is 0 Å². The number of carbonyl (C=O) groups excluding carboxylic acids is 1. The first kappa shape index (κ1) is 17.2. The number of nitrogens with zero attached hydrogens (tertiary/aromatic N) is 3. The second-order valence-electron chi connectivity index (χ2n) is 7.20. The zero-order valence-electron chi connectivity index (χ0n) is 14.7. The average Bonchev–Trinajstić information content (AvgIpc) is 2.58. The fraction of sp³-hybridized carbons (Fsp3) is 0.667. The van der Waals surface area contributed by atoms with Crippen LogP contribution >= 0.6 is 0 Å². The smallest absolute Gasteiger partial charge is 0.317 e. The number of aromatic nitrogens is 1. The number of likely N-dealkylation sites (tertiary alicyclic amines) is 1. The van der Waals surface area contributed by atoms with Crippen LogP contribution in [0.25, 0.3) is 0 Å². The molecule has 6 nitrogen and oxygen atoms in total. The SMILES string of the molecule is CN(C)C(=O)N[C@@H]1CCOC2(CCN(Cc3cccnc3)CC2)C1. The second-order valence-corrected chi connectivity index (χ2v) is 7.20. The average molecular weight is 332 g/mol. The van der Waals surface area contributed by atoms with Crippen LogP contribution in [0, 0.1) is 0 Å². The summed E-state index contributed by atoms with van der Waals surface area (Å²) < 4.78 is 6.17. The first-order valence-electron chi connectivity index (χ1n) is 8.79. The second kappa shape index (κ2) is 7.49. The van der Waals surface area contributed by atoms with Crippen LogP contribution in [0.4, 0.5) is 4.79 Å². The lowest BCUT2D eigenvalue weighted by Crippen LogP contribution is -2.54. The molecule has 1 aromatic heterocycles. The van der Waals surface area contributed by atoms with Gasteiger partial charge in [-0.05, 0) is 37.3 Å². The van der Waals surface area contributed by atoms with Gasteiger partial charge in [-0.1, -0.05) is 6.07 Å². The standard InChI is InChI=1S/C18H28N4O2/c1-21(2)17(23)20-16-5-11-24-18(12-16)6-9-22(10-7-18)14-15-4-3-8-19-13-15/h3-4,8,13,16H,5-7,9-12,14H2,1-2H3,(H,20,23)/t16-/m1/s1. The predicted octanol–water partition coefficient (Wildman–Crippen LogP) is 1.87. The fourth-order valence-corrected chi connectivity index (χ4v) is 3.67. The van der Waals surface area contributed by atoms with E-state index in [0.717, 1.165) is 51.9 Å². The number of piperidine rings is 1. The minimum absolute atomic E-state index is 0.00827. The molecule has 0 unspecified atom stereocenters. The molecule has 1 aromatic rings. The molecule has 0 aromatic carbocycles. The third-order valence-corrected chi connectivity index (χ3v) is 5.12. The molecular weight excluding hydrogens is 304 g/mol. The molecule has 132 valence electrons. The van der Waals surface area contributed by atoms with Crippen LogP contribution in [-0.2, 0) is 11.3 Å². The maximum atomic E-state index is 11.9. The van der Waals surface area contributed by atoms with Crippen molar-refractivity contribution in [1.82, 2.24) is 20.1 Å². The summed E-state index contributed by atoms with van der Waals surface area (Å²) in [6.07, 6.45) is 7.64. The zero-order chi connectivity index (χ0) is 17.0. The quantitative estimate of drug-likeness (QED) is 0.918. The number of hydrogen-bond acceptors (Lipinski definition) is 4. The van der Waals surface area contributed by atoms with E-state index in [2.05, 4.69) is 21.3 Å². The van der Waals surface area contributed by atoms with Crippen LogP contribution in [0.5, 0.6) is 0 Å². The van der Waals surface area contributed by atoms with Crippen LogP contribution in [0.3, 0.4) is 0 Å². The van der Waals surface area contributed by atoms with E-state index in [0.29, 0.717) is 0 Å². The third-order valence-electron chi connectivity index (χ3n) is 5.12. The highest BCUT2D eigenvalue weighted by atomic mass is 16.5. The Morgan fingerprint density at radius 2 is 2.25 bits per heavy atom. The Hall–Kier alpha value is -1.66. The number of ether oxygens (including phenoxy) is 1. The summed E-state index contributed by atoms with van der Waals surface area (Å²) in [5.41, 5.74) is 1.20. The van der Waals surface area contributed by atoms with E-state index in [9.17, 15) is 4.79 Å². The van der Waals surface area contributed by atoms with Crippen molar-refractivity contribution in [2.24, 2.45) is 0 Å². The van der Waals surface area contributed by atoms with Gasteiger partial charge in [0.1, 0.15) is 0 Å². The molecule has 2 amide bonds. The van der Waals surface area contributed by atoms with Gasteiger partial charge in [-0.25, -0.2) is 4.79 Å². The minimum Gasteiger partial charge on any atom is -0.375 e. The van der Waals surface area contributed by atoms with Gasteiger partial charge in [0.15, 0.2) is 0 Å². The van der Waals surface area contributed by atoms with Crippen molar-refractivity contribution in [3.63, 3.8) is 0 Å². The molecule has 0 radical (unpaired) electrons. The zero-order valence-corrected chi connectivity index (χ0v) is 14.7. The molecule has 0 bridgehead atoms. The molecular formula is C18H28N4O2. The Balaban J connectivity index is 1.51. The largest absolute Gasteiger partial charge is 0.375 e. The van der Waals surface area contributed by atoms with E-state index in [1.165, 1.54) is 5.56 Å². The number of amides is 2. The Kier molecular flexibility index (Phi) is 5.36. The van der Waals surface area contributed by atoms with E-state index in [1.54, 1.807) is 19.0 Å². The third kappa shape index (κ3) is 4.24. The van der Waals surface area contributed by atoms with Crippen molar-refractivity contribution in [1.29, 1.82) is 0 Å². The van der Waals surface area contributed by atoms with E-state index in [4.69, 9.17) is 4.74 Å². The topological polar surface area (TPSA) is 57.7 Å². The highest BCUT2D eigenvalue weighted by Gasteiger charge is 2.40. The van der Waals surface area contributed by atoms with Gasteiger partial charge in [-0.15, -0.1) is 0 Å². The van der Waals surface area contributed by atoms with Gasteiger partial charge in [-0.3, -0.25) is 9.88 Å². The Labute approximate surface area is 144 Å². The summed E-state index contributed by atoms with van der Waals surface area (Å²) in [5.74, 6) is 0. The Morgan fingerprint density at radius 3 is 2.92 bits per heavy atom. The first-order chi connectivity index (χ1) is 11.6. The molecule has 3 rings (SSSR count). The van der Waals surface area contributed by atoms with Crippen molar-refractivity contribution >= 4 is 6.03 Å². The first-order valence-corrected chi connectivity index (χ1v) is 8.79. The lowest BCUT2D eigenvalue weighted by Gasteiger charge is -2.46. The summed E-state index contributed by atoms with van der Waals surface area (Å²) in [4.78, 5) is 20.1. The van der Waals surface area contributed by atoms with Crippen molar-refractivity contribution in [2.45, 2.75) is 43.9 Å². The molecule has 0 saturated carbocycles. The van der Waals surface area contributed by atoms with Crippen molar-refractivity contribution < 1.29 is 9.53 Å². The van der Waals surface area contributed by atoms with Crippen molar-refractivity contribution in [2.75, 3.05) is 33.8 Å². The summed E-state index contributed by atoms with van der Waals surface area (Å²) in [5, 5.41) is 3.13. The number of pyridine rings is 1. The lowest BCUT2D eigenvalue weighted by molar-refractivity contribution is -0.119.